The van der Waals surface area contributed by atoms with Crippen LogP contribution in [0.1, 0.15) is 12.5 Å². The molecule has 0 aliphatic heterocycles. The number of guanidine groups is 1. The second-order valence-electron chi connectivity index (χ2n) is 4.50. The lowest BCUT2D eigenvalue weighted by atomic mass is 10.3. The number of nitrogens with zero attached hydrogens (tertiary/aromatic N) is 2. The molecule has 0 saturated carbocycles. The lowest BCUT2D eigenvalue weighted by Crippen LogP contribution is -2.40. The minimum atomic E-state index is -4.41. The van der Waals surface area contributed by atoms with Gasteiger partial charge in [0.2, 0.25) is 5.88 Å². The summed E-state index contributed by atoms with van der Waals surface area (Å²) in [4.78, 5) is 7.59. The van der Waals surface area contributed by atoms with Gasteiger partial charge in [-0.25, -0.2) is 9.98 Å². The highest BCUT2D eigenvalue weighted by Gasteiger charge is 2.30. The summed E-state index contributed by atoms with van der Waals surface area (Å²) >= 11 is 0. The standard InChI is InChI=1S/C13H19F3N4O2/c1-9(8-21-2)20-12(17)18-5-6-22-11-4-3-10(7-19-11)13(14,15)16/h3-4,7,9H,5-6,8H2,1-2H3,(H3,17,18,20). The average molecular weight is 320 g/mol. The molecular weight excluding hydrogens is 301 g/mol. The quantitative estimate of drug-likeness (QED) is 0.451. The van der Waals surface area contributed by atoms with Crippen molar-refractivity contribution in [1.82, 2.24) is 10.3 Å². The summed E-state index contributed by atoms with van der Waals surface area (Å²) in [5.74, 6) is 0.344. The van der Waals surface area contributed by atoms with Crippen LogP contribution >= 0.6 is 0 Å². The monoisotopic (exact) mass is 320 g/mol. The fraction of sp³-hybridized carbons (Fsp3) is 0.538. The molecule has 0 aliphatic rings. The van der Waals surface area contributed by atoms with E-state index >= 15 is 0 Å². The van der Waals surface area contributed by atoms with Gasteiger partial charge in [-0.3, -0.25) is 0 Å². The number of rotatable bonds is 7. The molecule has 9 heteroatoms. The Morgan fingerprint density at radius 1 is 1.45 bits per heavy atom. The van der Waals surface area contributed by atoms with Gasteiger partial charge >= 0.3 is 6.18 Å². The van der Waals surface area contributed by atoms with Crippen molar-refractivity contribution in [2.75, 3.05) is 26.9 Å². The van der Waals surface area contributed by atoms with E-state index in [1.807, 2.05) is 6.92 Å². The first-order chi connectivity index (χ1) is 10.3. The van der Waals surface area contributed by atoms with Crippen LogP contribution in [0.25, 0.3) is 0 Å². The Balaban J connectivity index is 2.35. The van der Waals surface area contributed by atoms with E-state index in [9.17, 15) is 13.2 Å². The lowest BCUT2D eigenvalue weighted by molar-refractivity contribution is -0.137. The highest BCUT2D eigenvalue weighted by molar-refractivity contribution is 5.78. The average Bonchev–Trinajstić information content (AvgIpc) is 2.43. The number of alkyl halides is 3. The minimum absolute atomic E-state index is 0.0197. The highest BCUT2D eigenvalue weighted by atomic mass is 19.4. The van der Waals surface area contributed by atoms with Gasteiger partial charge in [0.15, 0.2) is 5.96 Å². The molecule has 3 N–H and O–H groups in total. The van der Waals surface area contributed by atoms with Gasteiger partial charge in [0, 0.05) is 25.4 Å². The predicted octanol–water partition coefficient (Wildman–Crippen LogP) is 1.42. The number of aromatic nitrogens is 1. The molecule has 1 atom stereocenters. The summed E-state index contributed by atoms with van der Waals surface area (Å²) < 4.78 is 47.2. The number of ether oxygens (including phenoxy) is 2. The van der Waals surface area contributed by atoms with E-state index in [1.165, 1.54) is 0 Å². The maximum Gasteiger partial charge on any atom is 0.417 e. The van der Waals surface area contributed by atoms with Gasteiger partial charge in [-0.2, -0.15) is 13.2 Å². The van der Waals surface area contributed by atoms with Crippen LogP contribution in [0.2, 0.25) is 0 Å². The third-order valence-electron chi connectivity index (χ3n) is 2.50. The molecule has 0 saturated heterocycles. The van der Waals surface area contributed by atoms with E-state index in [1.54, 1.807) is 7.11 Å². The molecule has 1 unspecified atom stereocenters. The molecule has 0 fully saturated rings. The van der Waals surface area contributed by atoms with Crippen molar-refractivity contribution >= 4 is 5.96 Å². The first-order valence-corrected chi connectivity index (χ1v) is 6.54. The van der Waals surface area contributed by atoms with Crippen molar-refractivity contribution in [3.05, 3.63) is 23.9 Å². The molecule has 22 heavy (non-hydrogen) atoms. The number of methoxy groups -OCH3 is 1. The van der Waals surface area contributed by atoms with E-state index < -0.39 is 11.7 Å². The van der Waals surface area contributed by atoms with Crippen LogP contribution in [-0.4, -0.2) is 43.9 Å². The van der Waals surface area contributed by atoms with E-state index in [2.05, 4.69) is 15.3 Å². The maximum atomic E-state index is 12.3. The van der Waals surface area contributed by atoms with Crippen molar-refractivity contribution < 1.29 is 22.6 Å². The van der Waals surface area contributed by atoms with Gasteiger partial charge in [-0.1, -0.05) is 0 Å². The number of pyridine rings is 1. The Morgan fingerprint density at radius 3 is 2.73 bits per heavy atom. The summed E-state index contributed by atoms with van der Waals surface area (Å²) in [7, 11) is 1.58. The fourth-order valence-electron chi connectivity index (χ4n) is 1.54. The molecule has 0 aliphatic carbocycles. The van der Waals surface area contributed by atoms with E-state index in [4.69, 9.17) is 15.2 Å². The van der Waals surface area contributed by atoms with Crippen LogP contribution in [0.15, 0.2) is 23.3 Å². The first kappa shape index (κ1) is 18.0. The predicted molar refractivity (Wildman–Crippen MR) is 75.7 cm³/mol. The molecular formula is C13H19F3N4O2. The third kappa shape index (κ3) is 6.61. The number of nitrogens with two attached hydrogens (primary N) is 1. The van der Waals surface area contributed by atoms with Crippen molar-refractivity contribution in [3.63, 3.8) is 0 Å². The van der Waals surface area contributed by atoms with Crippen molar-refractivity contribution in [3.8, 4) is 5.88 Å². The largest absolute Gasteiger partial charge is 0.476 e. The maximum absolute atomic E-state index is 12.3. The molecule has 0 radical (unpaired) electrons. The molecule has 0 amide bonds. The molecule has 0 bridgehead atoms. The van der Waals surface area contributed by atoms with Crippen molar-refractivity contribution in [2.45, 2.75) is 19.1 Å². The molecule has 0 spiro atoms. The zero-order valence-corrected chi connectivity index (χ0v) is 12.4. The van der Waals surface area contributed by atoms with Gasteiger partial charge in [0.25, 0.3) is 0 Å². The minimum Gasteiger partial charge on any atom is -0.476 e. The molecule has 1 aromatic rings. The number of halogens is 3. The normalized spacial score (nSPS) is 13.8. The van der Waals surface area contributed by atoms with Gasteiger partial charge in [-0.05, 0) is 13.0 Å². The van der Waals surface area contributed by atoms with Crippen molar-refractivity contribution in [2.24, 2.45) is 10.7 Å². The molecule has 1 aromatic heterocycles. The topological polar surface area (TPSA) is 81.8 Å². The lowest BCUT2D eigenvalue weighted by Gasteiger charge is -2.13. The van der Waals surface area contributed by atoms with Crippen LogP contribution in [-0.2, 0) is 10.9 Å². The third-order valence-corrected chi connectivity index (χ3v) is 2.50. The SMILES string of the molecule is COCC(C)NC(N)=NCCOc1ccc(C(F)(F)F)cn1. The molecule has 124 valence electrons. The summed E-state index contributed by atoms with van der Waals surface area (Å²) in [6, 6.07) is 2.09. The Hall–Kier alpha value is -2.03. The van der Waals surface area contributed by atoms with Gasteiger partial charge in [-0.15, -0.1) is 0 Å². The first-order valence-electron chi connectivity index (χ1n) is 6.54. The highest BCUT2D eigenvalue weighted by Crippen LogP contribution is 2.29. The smallest absolute Gasteiger partial charge is 0.417 e. The summed E-state index contributed by atoms with van der Waals surface area (Å²) in [6.45, 7) is 2.78. The van der Waals surface area contributed by atoms with E-state index in [0.29, 0.717) is 6.61 Å². The Labute approximate surface area is 126 Å². The zero-order valence-electron chi connectivity index (χ0n) is 12.4. The van der Waals surface area contributed by atoms with Gasteiger partial charge in [0.05, 0.1) is 18.7 Å². The number of nitrogens with one attached hydrogen (secondary N) is 1. The summed E-state index contributed by atoms with van der Waals surface area (Å²) in [6.07, 6.45) is -3.68. The second kappa shape index (κ2) is 8.42. The number of hydrogen-bond donors (Lipinski definition) is 2. The number of hydrogen-bond acceptors (Lipinski definition) is 4. The second-order valence-corrected chi connectivity index (χ2v) is 4.50. The molecule has 0 aromatic carbocycles. The van der Waals surface area contributed by atoms with E-state index in [-0.39, 0.29) is 31.0 Å². The van der Waals surface area contributed by atoms with Crippen LogP contribution in [0.4, 0.5) is 13.2 Å². The van der Waals surface area contributed by atoms with Crippen LogP contribution in [0.3, 0.4) is 0 Å². The van der Waals surface area contributed by atoms with Gasteiger partial charge in [0.1, 0.15) is 6.61 Å². The molecule has 1 heterocycles. The Kier molecular flexibility index (Phi) is 6.90. The molecule has 6 nitrogen and oxygen atoms in total. The van der Waals surface area contributed by atoms with Crippen LogP contribution in [0.5, 0.6) is 5.88 Å². The number of aliphatic imine (C=N–C) groups is 1. The summed E-state index contributed by atoms with van der Waals surface area (Å²) in [5.41, 5.74) is 4.82. The van der Waals surface area contributed by atoms with Crippen molar-refractivity contribution in [1.29, 1.82) is 0 Å². The zero-order chi connectivity index (χ0) is 16.6. The fourth-order valence-corrected chi connectivity index (χ4v) is 1.54. The summed E-state index contributed by atoms with van der Waals surface area (Å²) in [5, 5.41) is 2.91. The molecule has 1 rings (SSSR count). The Morgan fingerprint density at radius 2 is 2.18 bits per heavy atom. The van der Waals surface area contributed by atoms with Gasteiger partial charge < -0.3 is 20.5 Å². The van der Waals surface area contributed by atoms with Crippen LogP contribution < -0.4 is 15.8 Å². The van der Waals surface area contributed by atoms with E-state index in [0.717, 1.165) is 18.3 Å². The van der Waals surface area contributed by atoms with Crippen LogP contribution in [0, 0.1) is 0 Å². The Bertz CT molecular complexity index is 477.